The second-order valence-corrected chi connectivity index (χ2v) is 4.03. The highest BCUT2D eigenvalue weighted by Crippen LogP contribution is 2.20. The standard InChI is InChI=1S/C13H12F2N2O2/c1-7-8(2)16-11(17-12(7)18)9-3-5-10(6-4-9)19-13(14)15/h3-6,13H,1-2H3,(H,16,17,18). The summed E-state index contributed by atoms with van der Waals surface area (Å²) in [6, 6.07) is 5.92. The molecule has 0 saturated carbocycles. The molecule has 100 valence electrons. The largest absolute Gasteiger partial charge is 0.435 e. The minimum atomic E-state index is -2.86. The van der Waals surface area contributed by atoms with Crippen molar-refractivity contribution in [1.29, 1.82) is 0 Å². The van der Waals surface area contributed by atoms with Crippen LogP contribution in [0, 0.1) is 13.8 Å². The van der Waals surface area contributed by atoms with Crippen LogP contribution in [0.5, 0.6) is 5.75 Å². The molecule has 0 aliphatic heterocycles. The molecule has 0 spiro atoms. The van der Waals surface area contributed by atoms with Crippen molar-refractivity contribution in [2.75, 3.05) is 0 Å². The van der Waals surface area contributed by atoms with E-state index in [0.29, 0.717) is 22.6 Å². The molecule has 4 nitrogen and oxygen atoms in total. The van der Waals surface area contributed by atoms with Crippen LogP contribution in [0.1, 0.15) is 11.3 Å². The zero-order chi connectivity index (χ0) is 14.0. The Hall–Kier alpha value is -2.24. The fourth-order valence-corrected chi connectivity index (χ4v) is 1.58. The molecule has 1 N–H and O–H groups in total. The third-order valence-corrected chi connectivity index (χ3v) is 2.75. The van der Waals surface area contributed by atoms with Crippen molar-refractivity contribution in [2.45, 2.75) is 20.5 Å². The minimum Gasteiger partial charge on any atom is -0.435 e. The molecule has 2 rings (SSSR count). The lowest BCUT2D eigenvalue weighted by Gasteiger charge is -2.06. The second kappa shape index (κ2) is 5.17. The number of benzene rings is 1. The summed E-state index contributed by atoms with van der Waals surface area (Å²) in [6.45, 7) is 0.567. The Morgan fingerprint density at radius 3 is 2.37 bits per heavy atom. The van der Waals surface area contributed by atoms with Gasteiger partial charge in [-0.15, -0.1) is 0 Å². The predicted molar refractivity (Wildman–Crippen MR) is 66.4 cm³/mol. The van der Waals surface area contributed by atoms with Crippen LogP contribution in [0.25, 0.3) is 11.4 Å². The third-order valence-electron chi connectivity index (χ3n) is 2.75. The molecule has 0 fully saturated rings. The number of aromatic nitrogens is 2. The van der Waals surface area contributed by atoms with Crippen LogP contribution in [0.3, 0.4) is 0 Å². The van der Waals surface area contributed by atoms with Crippen molar-refractivity contribution in [3.8, 4) is 17.1 Å². The van der Waals surface area contributed by atoms with Gasteiger partial charge in [0.05, 0.1) is 0 Å². The first-order valence-corrected chi connectivity index (χ1v) is 5.60. The number of rotatable bonds is 3. The van der Waals surface area contributed by atoms with E-state index < -0.39 is 6.61 Å². The van der Waals surface area contributed by atoms with Gasteiger partial charge in [-0.25, -0.2) is 4.98 Å². The van der Waals surface area contributed by atoms with Crippen molar-refractivity contribution in [3.63, 3.8) is 0 Å². The number of H-pyrrole nitrogens is 1. The number of nitrogens with one attached hydrogen (secondary N) is 1. The maximum atomic E-state index is 12.0. The van der Waals surface area contributed by atoms with Crippen molar-refractivity contribution in [3.05, 3.63) is 45.9 Å². The van der Waals surface area contributed by atoms with Crippen LogP contribution in [-0.2, 0) is 0 Å². The zero-order valence-corrected chi connectivity index (χ0v) is 10.4. The molecular weight excluding hydrogens is 254 g/mol. The van der Waals surface area contributed by atoms with E-state index in [1.165, 1.54) is 12.1 Å². The molecule has 0 bridgehead atoms. The highest BCUT2D eigenvalue weighted by Gasteiger charge is 2.07. The molecular formula is C13H12F2N2O2. The Kier molecular flexibility index (Phi) is 3.59. The first-order chi connectivity index (χ1) is 8.97. The van der Waals surface area contributed by atoms with E-state index in [4.69, 9.17) is 0 Å². The van der Waals surface area contributed by atoms with E-state index in [0.717, 1.165) is 0 Å². The average Bonchev–Trinajstić information content (AvgIpc) is 2.35. The number of halogens is 2. The van der Waals surface area contributed by atoms with Gasteiger partial charge in [0, 0.05) is 16.8 Å². The van der Waals surface area contributed by atoms with E-state index in [1.54, 1.807) is 26.0 Å². The molecule has 0 saturated heterocycles. The maximum absolute atomic E-state index is 12.0. The molecule has 0 atom stereocenters. The number of alkyl halides is 2. The summed E-state index contributed by atoms with van der Waals surface area (Å²) in [7, 11) is 0. The van der Waals surface area contributed by atoms with E-state index in [-0.39, 0.29) is 11.3 Å². The smallest absolute Gasteiger partial charge is 0.387 e. The van der Waals surface area contributed by atoms with Crippen LogP contribution in [0.2, 0.25) is 0 Å². The highest BCUT2D eigenvalue weighted by atomic mass is 19.3. The lowest BCUT2D eigenvalue weighted by molar-refractivity contribution is -0.0498. The van der Waals surface area contributed by atoms with Crippen LogP contribution in [0.4, 0.5) is 8.78 Å². The summed E-state index contributed by atoms with van der Waals surface area (Å²) < 4.78 is 28.3. The van der Waals surface area contributed by atoms with Crippen LogP contribution < -0.4 is 10.3 Å². The van der Waals surface area contributed by atoms with Crippen molar-refractivity contribution >= 4 is 0 Å². The van der Waals surface area contributed by atoms with Crippen LogP contribution in [0.15, 0.2) is 29.1 Å². The zero-order valence-electron chi connectivity index (χ0n) is 10.4. The molecule has 1 aromatic carbocycles. The Morgan fingerprint density at radius 1 is 1.21 bits per heavy atom. The van der Waals surface area contributed by atoms with E-state index >= 15 is 0 Å². The van der Waals surface area contributed by atoms with Crippen LogP contribution >= 0.6 is 0 Å². The van der Waals surface area contributed by atoms with E-state index in [2.05, 4.69) is 14.7 Å². The number of ether oxygens (including phenoxy) is 1. The topological polar surface area (TPSA) is 55.0 Å². The Labute approximate surface area is 108 Å². The molecule has 1 aromatic heterocycles. The number of aryl methyl sites for hydroxylation is 1. The lowest BCUT2D eigenvalue weighted by atomic mass is 10.2. The molecule has 0 amide bonds. The SMILES string of the molecule is Cc1nc(-c2ccc(OC(F)F)cc2)[nH]c(=O)c1C. The molecule has 0 aliphatic carbocycles. The predicted octanol–water partition coefficient (Wildman–Crippen LogP) is 2.66. The van der Waals surface area contributed by atoms with Gasteiger partial charge in [0.15, 0.2) is 0 Å². The van der Waals surface area contributed by atoms with Gasteiger partial charge < -0.3 is 9.72 Å². The highest BCUT2D eigenvalue weighted by molar-refractivity contribution is 5.56. The number of aromatic amines is 1. The van der Waals surface area contributed by atoms with Gasteiger partial charge in [-0.05, 0) is 38.1 Å². The first kappa shape index (κ1) is 13.2. The Balaban J connectivity index is 2.35. The van der Waals surface area contributed by atoms with Gasteiger partial charge >= 0.3 is 6.61 Å². The second-order valence-electron chi connectivity index (χ2n) is 4.03. The summed E-state index contributed by atoms with van der Waals surface area (Å²) in [5.74, 6) is 0.460. The first-order valence-electron chi connectivity index (χ1n) is 5.60. The van der Waals surface area contributed by atoms with Gasteiger partial charge in [0.25, 0.3) is 5.56 Å². The summed E-state index contributed by atoms with van der Waals surface area (Å²) in [5, 5.41) is 0. The number of hydrogen-bond donors (Lipinski definition) is 1. The van der Waals surface area contributed by atoms with E-state index in [9.17, 15) is 13.6 Å². The van der Waals surface area contributed by atoms with Crippen molar-refractivity contribution < 1.29 is 13.5 Å². The lowest BCUT2D eigenvalue weighted by Crippen LogP contribution is -2.14. The fraction of sp³-hybridized carbons (Fsp3) is 0.231. The number of hydrogen-bond acceptors (Lipinski definition) is 3. The van der Waals surface area contributed by atoms with Gasteiger partial charge in [0.2, 0.25) is 0 Å². The van der Waals surface area contributed by atoms with Gasteiger partial charge in [-0.1, -0.05) is 0 Å². The van der Waals surface area contributed by atoms with Crippen molar-refractivity contribution in [1.82, 2.24) is 9.97 Å². The van der Waals surface area contributed by atoms with Crippen LogP contribution in [-0.4, -0.2) is 16.6 Å². The maximum Gasteiger partial charge on any atom is 0.387 e. The Bertz CT molecular complexity index is 636. The molecule has 19 heavy (non-hydrogen) atoms. The van der Waals surface area contributed by atoms with Gasteiger partial charge in [0.1, 0.15) is 11.6 Å². The van der Waals surface area contributed by atoms with E-state index in [1.807, 2.05) is 0 Å². The molecule has 2 aromatic rings. The van der Waals surface area contributed by atoms with Gasteiger partial charge in [-0.2, -0.15) is 8.78 Å². The molecule has 0 aliphatic rings. The molecule has 6 heteroatoms. The van der Waals surface area contributed by atoms with Gasteiger partial charge in [-0.3, -0.25) is 4.79 Å². The van der Waals surface area contributed by atoms with Crippen molar-refractivity contribution in [2.24, 2.45) is 0 Å². The average molecular weight is 266 g/mol. The normalized spacial score (nSPS) is 10.8. The summed E-state index contributed by atoms with van der Waals surface area (Å²) >= 11 is 0. The summed E-state index contributed by atoms with van der Waals surface area (Å²) in [5.41, 5.74) is 1.60. The third kappa shape index (κ3) is 2.96. The fourth-order valence-electron chi connectivity index (χ4n) is 1.58. The quantitative estimate of drug-likeness (QED) is 0.929. The monoisotopic (exact) mass is 266 g/mol. The molecule has 1 heterocycles. The summed E-state index contributed by atoms with van der Waals surface area (Å²) in [4.78, 5) is 18.5. The summed E-state index contributed by atoms with van der Waals surface area (Å²) in [6.07, 6.45) is 0. The Morgan fingerprint density at radius 2 is 1.84 bits per heavy atom. The molecule has 0 radical (unpaired) electrons. The minimum absolute atomic E-state index is 0.0601. The molecule has 0 unspecified atom stereocenters. The number of nitrogens with zero attached hydrogens (tertiary/aromatic N) is 1.